The molecule has 0 unspecified atom stereocenters. The summed E-state index contributed by atoms with van der Waals surface area (Å²) in [5.74, 6) is -3.87. The summed E-state index contributed by atoms with van der Waals surface area (Å²) in [6.07, 6.45) is -8.45. The molecule has 0 atom stereocenters. The van der Waals surface area contributed by atoms with E-state index in [0.29, 0.717) is 107 Å². The molecule has 0 bridgehead atoms. The highest BCUT2D eigenvalue weighted by atomic mass is 19.4. The van der Waals surface area contributed by atoms with E-state index in [1.807, 2.05) is 89.2 Å². The lowest BCUT2D eigenvalue weighted by Gasteiger charge is -2.21. The highest BCUT2D eigenvalue weighted by Gasteiger charge is 2.33. The number of nitrogens with zero attached hydrogens (tertiary/aromatic N) is 1. The Morgan fingerprint density at radius 1 is 0.245 bits per heavy atom. The number of hydrogen-bond donors (Lipinski definition) is 0. The predicted molar refractivity (Wildman–Crippen MR) is 564 cm³/mol. The molecule has 147 heavy (non-hydrogen) atoms. The van der Waals surface area contributed by atoms with Gasteiger partial charge in [-0.05, 0) is 366 Å². The summed E-state index contributed by atoms with van der Waals surface area (Å²) in [4.78, 5) is 0. The van der Waals surface area contributed by atoms with E-state index in [-0.39, 0.29) is 22.8 Å². The number of rotatable bonds is 23. The molecule has 0 aliphatic heterocycles. The van der Waals surface area contributed by atoms with Crippen molar-refractivity contribution in [2.45, 2.75) is 164 Å². The molecule has 786 valence electrons. The van der Waals surface area contributed by atoms with Gasteiger partial charge in [-0.15, -0.1) is 0 Å². The zero-order chi connectivity index (χ0) is 109. The van der Waals surface area contributed by atoms with Crippen molar-refractivity contribution in [1.82, 2.24) is 0 Å². The standard InChI is InChI=1S/C30H34O4.C22H26O4.C11H16O2.2C9H9F3.C9H9N.C8H6F4.C8H8F2.2C8H9F/c1-21-17-23(19-33-15-13-31-3)29(27-11-7-5-9-25(21)27)30-24(20-34-16-14-32-4)18-22(2)26-10-6-8-12-28(26)30;1-15-19-7-5-18(26-12-10-24-4)14-22(19)16(2)20-8-6-17(13-21(15)20)25-11-9-23-3;1-9-6-10(2)8-11(7-9)13-5-4-12-3;2*1-6-3-4-7(2)8(5-6)9(10,11)12;1-7-3-4-8(2)9(5-7)6-10;1-3-5(9)7(11)4(2)8(12)6(3)10;1-5-3-6(2)8(10)4-7(5)9;1-6-3-7(2)5-8(9)4-6;1-6-3-4-7(2)8(9)5-6/h5-12,17-18H,13-16,19-20H2,1-4H3;5-8,13-14H,9-12H2,1-4H3;6-8H,4-5H2,1-3H3;2*3-5H,1-2H3;3-5H,1-2H3;1-2H3;3-4H,1-2H3;2*3-5H,1-2H3. The second-order valence-electron chi connectivity index (χ2n) is 35.6. The summed E-state index contributed by atoms with van der Waals surface area (Å²) in [7, 11) is 8.42. The van der Waals surface area contributed by atoms with Gasteiger partial charge in [0.25, 0.3) is 0 Å². The van der Waals surface area contributed by atoms with Crippen LogP contribution in [0.3, 0.4) is 0 Å². The topological polar surface area (TPSA) is 116 Å². The second-order valence-corrected chi connectivity index (χ2v) is 35.6. The Labute approximate surface area is 856 Å². The van der Waals surface area contributed by atoms with Crippen molar-refractivity contribution in [3.05, 3.63) is 404 Å². The first-order valence-electron chi connectivity index (χ1n) is 47.6. The maximum atomic E-state index is 12.7. The number of methoxy groups -OCH3 is 5. The van der Waals surface area contributed by atoms with E-state index >= 15 is 0 Å². The van der Waals surface area contributed by atoms with Gasteiger partial charge in [-0.25, -0.2) is 35.1 Å². The first kappa shape index (κ1) is 123. The van der Waals surface area contributed by atoms with E-state index in [1.165, 1.54) is 149 Å². The summed E-state index contributed by atoms with van der Waals surface area (Å²) < 4.78 is 229. The normalized spacial score (nSPS) is 10.8. The SMILES string of the molecule is COCCOCc1cc(C)c2ccccc2c1-c1c(COCCOC)cc(C)c2ccccc12.COCCOc1cc(C)cc(C)c1.COCCOc1ccc2c(C)c3cc(OCCOC)ccc3c(C)c2c1.Cc1c(F)c(F)c(C)c(F)c1F.Cc1cc(C)c(F)cc1F.Cc1cc(C)cc(F)c1.Cc1ccc(C)c(C#N)c1.Cc1ccc(C)c(C(F)(F)F)c1.Cc1ccc(C)c(C(F)(F)F)c1.Cc1ccc(C)c(F)c1. The van der Waals surface area contributed by atoms with Crippen LogP contribution in [0.5, 0.6) is 17.2 Å². The minimum atomic E-state index is -4.23. The molecule has 11 nitrogen and oxygen atoms in total. The molecule has 15 aromatic rings. The summed E-state index contributed by atoms with van der Waals surface area (Å²) in [6, 6.07) is 69.8. The lowest BCUT2D eigenvalue weighted by Crippen LogP contribution is -2.07. The summed E-state index contributed by atoms with van der Waals surface area (Å²) in [5.41, 5.74) is 19.3. The fourth-order valence-electron chi connectivity index (χ4n) is 15.5. The van der Waals surface area contributed by atoms with Crippen molar-refractivity contribution < 1.29 is 109 Å². The van der Waals surface area contributed by atoms with Gasteiger partial charge in [0.2, 0.25) is 0 Å². The van der Waals surface area contributed by atoms with Gasteiger partial charge in [0.15, 0.2) is 23.3 Å². The smallest absolute Gasteiger partial charge is 0.416 e. The summed E-state index contributed by atoms with van der Waals surface area (Å²) >= 11 is 0. The lowest BCUT2D eigenvalue weighted by atomic mass is 9.85. The molecule has 0 saturated heterocycles. The number of fused-ring (bicyclic) bond motifs is 4. The van der Waals surface area contributed by atoms with E-state index in [4.69, 9.17) is 52.6 Å². The Balaban J connectivity index is 0.000000260. The minimum Gasteiger partial charge on any atom is -0.491 e. The van der Waals surface area contributed by atoms with Crippen LogP contribution >= 0.6 is 0 Å². The van der Waals surface area contributed by atoms with Crippen molar-refractivity contribution in [2.24, 2.45) is 0 Å². The van der Waals surface area contributed by atoms with E-state index in [1.54, 1.807) is 88.4 Å². The Hall–Kier alpha value is -13.0. The van der Waals surface area contributed by atoms with Crippen LogP contribution in [-0.4, -0.2) is 102 Å². The summed E-state index contributed by atoms with van der Waals surface area (Å²) in [5, 5.41) is 18.5. The van der Waals surface area contributed by atoms with Gasteiger partial charge in [0.05, 0.1) is 82.2 Å². The van der Waals surface area contributed by atoms with Gasteiger partial charge in [0, 0.05) is 52.7 Å². The van der Waals surface area contributed by atoms with Crippen LogP contribution in [0.25, 0.3) is 54.2 Å². The minimum absolute atomic E-state index is 0.116. The highest BCUT2D eigenvalue weighted by Crippen LogP contribution is 2.44. The van der Waals surface area contributed by atoms with E-state index in [9.17, 15) is 61.5 Å². The molecule has 0 aromatic heterocycles. The van der Waals surface area contributed by atoms with Crippen LogP contribution in [-0.2, 0) is 58.7 Å². The molecule has 0 heterocycles. The third-order valence-electron chi connectivity index (χ3n) is 23.3. The molecule has 0 N–H and O–H groups in total. The number of halogens is 14. The van der Waals surface area contributed by atoms with Crippen molar-refractivity contribution in [1.29, 1.82) is 5.26 Å². The van der Waals surface area contributed by atoms with Gasteiger partial charge in [-0.1, -0.05) is 151 Å². The van der Waals surface area contributed by atoms with Crippen molar-refractivity contribution in [3.8, 4) is 34.4 Å². The Kier molecular flexibility index (Phi) is 50.3. The number of ether oxygens (including phenoxy) is 10. The van der Waals surface area contributed by atoms with Gasteiger partial charge in [-0.3, -0.25) is 0 Å². The van der Waals surface area contributed by atoms with Crippen molar-refractivity contribution >= 4 is 43.1 Å². The van der Waals surface area contributed by atoms with E-state index in [0.717, 1.165) is 82.7 Å². The number of nitriles is 1. The van der Waals surface area contributed by atoms with Crippen LogP contribution in [0, 0.1) is 196 Å². The Morgan fingerprint density at radius 3 is 0.884 bits per heavy atom. The van der Waals surface area contributed by atoms with Crippen molar-refractivity contribution in [2.75, 3.05) is 102 Å². The molecule has 0 amide bonds. The molecule has 15 aromatic carbocycles. The van der Waals surface area contributed by atoms with Crippen LogP contribution in [0.2, 0.25) is 0 Å². The molecule has 15 rings (SSSR count). The molecule has 25 heteroatoms. The molecule has 0 spiro atoms. The maximum absolute atomic E-state index is 12.7. The van der Waals surface area contributed by atoms with Gasteiger partial charge < -0.3 is 47.4 Å². The largest absolute Gasteiger partial charge is 0.491 e. The zero-order valence-electron chi connectivity index (χ0n) is 88.6. The van der Waals surface area contributed by atoms with Gasteiger partial charge in [0.1, 0.15) is 60.3 Å². The van der Waals surface area contributed by atoms with Crippen LogP contribution in [0.15, 0.2) is 218 Å². The quantitative estimate of drug-likeness (QED) is 0.0264. The van der Waals surface area contributed by atoms with Crippen LogP contribution in [0.1, 0.15) is 139 Å². The molecular weight excluding hydrogens is 1910 g/mol. The van der Waals surface area contributed by atoms with E-state index in [2.05, 4.69) is 139 Å². The lowest BCUT2D eigenvalue weighted by molar-refractivity contribution is -0.138. The van der Waals surface area contributed by atoms with Gasteiger partial charge in [-0.2, -0.15) is 31.6 Å². The third-order valence-corrected chi connectivity index (χ3v) is 23.3. The molecule has 0 aliphatic rings. The third kappa shape index (κ3) is 38.3. The fraction of sp³-hybridized carbons (Fsp3) is 0.320. The molecule has 0 radical (unpaired) electrons. The first-order valence-corrected chi connectivity index (χ1v) is 47.6. The molecule has 0 aliphatic carbocycles. The number of hydrogen-bond acceptors (Lipinski definition) is 11. The molecule has 0 fully saturated rings. The van der Waals surface area contributed by atoms with E-state index < -0.39 is 69.5 Å². The highest BCUT2D eigenvalue weighted by molar-refractivity contribution is 6.10. The van der Waals surface area contributed by atoms with Gasteiger partial charge >= 0.3 is 12.4 Å². The molecule has 0 saturated carbocycles. The monoisotopic (exact) mass is 2040 g/mol. The number of benzene rings is 15. The fourth-order valence-corrected chi connectivity index (χ4v) is 15.5. The Bertz CT molecular complexity index is 6410. The molecular formula is C122H135F14NO10. The summed E-state index contributed by atoms with van der Waals surface area (Å²) in [6.45, 7) is 42.4. The number of aryl methyl sites for hydroxylation is 18. The second kappa shape index (κ2) is 60.3. The first-order chi connectivity index (χ1) is 69.5. The van der Waals surface area contributed by atoms with Crippen LogP contribution < -0.4 is 14.2 Å². The Morgan fingerprint density at radius 2 is 0.565 bits per heavy atom. The maximum Gasteiger partial charge on any atom is 0.416 e. The van der Waals surface area contributed by atoms with Crippen molar-refractivity contribution in [3.63, 3.8) is 0 Å². The predicted octanol–water partition coefficient (Wildman–Crippen LogP) is 32.7. The van der Waals surface area contributed by atoms with Crippen LogP contribution in [0.4, 0.5) is 61.5 Å². The average Bonchev–Trinajstić information content (AvgIpc) is 0.714. The number of alkyl halides is 6. The zero-order valence-corrected chi connectivity index (χ0v) is 88.6. The average molecular weight is 2040 g/mol.